The molecule has 0 radical (unpaired) electrons. The second-order valence-corrected chi connectivity index (χ2v) is 5.93. The van der Waals surface area contributed by atoms with Gasteiger partial charge in [-0.05, 0) is 36.2 Å². The van der Waals surface area contributed by atoms with Gasteiger partial charge in [-0.25, -0.2) is 4.79 Å². The summed E-state index contributed by atoms with van der Waals surface area (Å²) in [5.41, 5.74) is 8.25. The molecule has 5 N–H and O–H groups in total. The number of anilines is 3. The van der Waals surface area contributed by atoms with Crippen molar-refractivity contribution in [2.75, 3.05) is 22.8 Å². The van der Waals surface area contributed by atoms with Crippen molar-refractivity contribution in [3.05, 3.63) is 47.5 Å². The van der Waals surface area contributed by atoms with E-state index in [0.717, 1.165) is 21.9 Å². The predicted octanol–water partition coefficient (Wildman–Crippen LogP) is 2.47. The van der Waals surface area contributed by atoms with Gasteiger partial charge < -0.3 is 21.1 Å². The Kier molecular flexibility index (Phi) is 4.94. The van der Waals surface area contributed by atoms with Gasteiger partial charge in [0.05, 0.1) is 30.7 Å². The van der Waals surface area contributed by atoms with E-state index in [0.29, 0.717) is 29.9 Å². The normalized spacial score (nSPS) is 12.8. The first-order valence-electron chi connectivity index (χ1n) is 8.09. The van der Waals surface area contributed by atoms with Crippen LogP contribution in [0.4, 0.5) is 21.9 Å². The van der Waals surface area contributed by atoms with E-state index in [-0.39, 0.29) is 12.5 Å². The van der Waals surface area contributed by atoms with Crippen molar-refractivity contribution in [3.8, 4) is 5.75 Å². The molecule has 3 amide bonds. The first-order valence-corrected chi connectivity index (χ1v) is 8.09. The van der Waals surface area contributed by atoms with Gasteiger partial charge in [0.15, 0.2) is 0 Å². The Balaban J connectivity index is 1.89. The monoisotopic (exact) mass is 356 g/mol. The maximum absolute atomic E-state index is 11.8. The van der Waals surface area contributed by atoms with Gasteiger partial charge in [0, 0.05) is 12.0 Å². The SMILES string of the molecule is COc1ccc(CN(O)c2ccc(NC(N)=O)c3c2CCC(=O)N3)cc1. The van der Waals surface area contributed by atoms with E-state index in [2.05, 4.69) is 10.6 Å². The number of hydrogen-bond donors (Lipinski definition) is 4. The highest BCUT2D eigenvalue weighted by atomic mass is 16.5. The van der Waals surface area contributed by atoms with Gasteiger partial charge in [-0.1, -0.05) is 12.1 Å². The van der Waals surface area contributed by atoms with Crippen LogP contribution in [0.1, 0.15) is 17.5 Å². The molecule has 0 aliphatic carbocycles. The fourth-order valence-electron chi connectivity index (χ4n) is 2.94. The summed E-state index contributed by atoms with van der Waals surface area (Å²) in [6.07, 6.45) is 0.751. The number of nitrogens with one attached hydrogen (secondary N) is 2. The average Bonchev–Trinajstić information content (AvgIpc) is 2.62. The first kappa shape index (κ1) is 17.6. The van der Waals surface area contributed by atoms with Crippen LogP contribution < -0.4 is 26.2 Å². The summed E-state index contributed by atoms with van der Waals surface area (Å²) in [6.45, 7) is 0.257. The summed E-state index contributed by atoms with van der Waals surface area (Å²) >= 11 is 0. The highest BCUT2D eigenvalue weighted by Gasteiger charge is 2.23. The second kappa shape index (κ2) is 7.32. The number of amides is 3. The van der Waals surface area contributed by atoms with E-state index in [1.807, 2.05) is 24.3 Å². The van der Waals surface area contributed by atoms with Gasteiger partial charge >= 0.3 is 6.03 Å². The largest absolute Gasteiger partial charge is 0.497 e. The van der Waals surface area contributed by atoms with E-state index in [9.17, 15) is 14.8 Å². The smallest absolute Gasteiger partial charge is 0.316 e. The number of carbonyl (C=O) groups is 2. The molecule has 3 rings (SSSR count). The van der Waals surface area contributed by atoms with E-state index in [4.69, 9.17) is 10.5 Å². The number of primary amides is 1. The zero-order valence-corrected chi connectivity index (χ0v) is 14.3. The topological polar surface area (TPSA) is 117 Å². The van der Waals surface area contributed by atoms with Gasteiger partial charge in [-0.15, -0.1) is 0 Å². The predicted molar refractivity (Wildman–Crippen MR) is 97.6 cm³/mol. The summed E-state index contributed by atoms with van der Waals surface area (Å²) in [7, 11) is 1.59. The third-order valence-electron chi connectivity index (χ3n) is 4.18. The Morgan fingerprint density at radius 1 is 1.27 bits per heavy atom. The van der Waals surface area contributed by atoms with Crippen LogP contribution in [-0.4, -0.2) is 24.3 Å². The quantitative estimate of drug-likeness (QED) is 0.614. The molecular weight excluding hydrogens is 336 g/mol. The number of hydrogen-bond acceptors (Lipinski definition) is 5. The number of nitrogens with zero attached hydrogens (tertiary/aromatic N) is 1. The molecule has 0 bridgehead atoms. The number of urea groups is 1. The number of carbonyl (C=O) groups excluding carboxylic acids is 2. The maximum atomic E-state index is 11.8. The molecule has 8 nitrogen and oxygen atoms in total. The van der Waals surface area contributed by atoms with Crippen molar-refractivity contribution in [2.24, 2.45) is 5.73 Å². The lowest BCUT2D eigenvalue weighted by molar-refractivity contribution is -0.116. The fraction of sp³-hybridized carbons (Fsp3) is 0.222. The Morgan fingerprint density at radius 3 is 2.65 bits per heavy atom. The summed E-state index contributed by atoms with van der Waals surface area (Å²) < 4.78 is 5.13. The van der Waals surface area contributed by atoms with Crippen molar-refractivity contribution >= 4 is 29.0 Å². The van der Waals surface area contributed by atoms with Crippen molar-refractivity contribution in [1.29, 1.82) is 0 Å². The van der Waals surface area contributed by atoms with E-state index in [1.54, 1.807) is 19.2 Å². The van der Waals surface area contributed by atoms with Crippen LogP contribution in [0.2, 0.25) is 0 Å². The molecule has 1 heterocycles. The standard InChI is InChI=1S/C18H20N4O4/c1-26-12-4-2-11(3-5-12)10-22(25)15-8-7-14(20-18(19)24)17-13(15)6-9-16(23)21-17/h2-5,7-8,25H,6,9-10H2,1H3,(H,21,23)(H3,19,20,24). The Hall–Kier alpha value is -3.26. The van der Waals surface area contributed by atoms with Crippen LogP contribution in [-0.2, 0) is 17.8 Å². The molecule has 0 atom stereocenters. The van der Waals surface area contributed by atoms with E-state index in [1.165, 1.54) is 0 Å². The molecule has 0 spiro atoms. The van der Waals surface area contributed by atoms with Crippen LogP contribution in [0.15, 0.2) is 36.4 Å². The molecule has 0 fully saturated rings. The fourth-order valence-corrected chi connectivity index (χ4v) is 2.94. The molecule has 2 aromatic rings. The lowest BCUT2D eigenvalue weighted by Gasteiger charge is -2.27. The Labute approximate surface area is 150 Å². The van der Waals surface area contributed by atoms with E-state index < -0.39 is 6.03 Å². The van der Waals surface area contributed by atoms with Crippen molar-refractivity contribution in [3.63, 3.8) is 0 Å². The third kappa shape index (κ3) is 3.70. The van der Waals surface area contributed by atoms with Crippen molar-refractivity contribution < 1.29 is 19.5 Å². The molecule has 1 aliphatic rings. The van der Waals surface area contributed by atoms with Gasteiger partial charge in [0.1, 0.15) is 5.75 Å². The van der Waals surface area contributed by atoms with Crippen LogP contribution in [0.3, 0.4) is 0 Å². The zero-order chi connectivity index (χ0) is 18.7. The summed E-state index contributed by atoms with van der Waals surface area (Å²) in [6, 6.07) is 9.92. The number of hydroxylamine groups is 1. The molecule has 0 saturated heterocycles. The molecule has 26 heavy (non-hydrogen) atoms. The zero-order valence-electron chi connectivity index (χ0n) is 14.3. The third-order valence-corrected chi connectivity index (χ3v) is 4.18. The molecule has 0 aromatic heterocycles. The lowest BCUT2D eigenvalue weighted by Crippen LogP contribution is -2.27. The first-order chi connectivity index (χ1) is 12.5. The van der Waals surface area contributed by atoms with Gasteiger partial charge in [0.25, 0.3) is 0 Å². The van der Waals surface area contributed by atoms with Crippen molar-refractivity contribution in [2.45, 2.75) is 19.4 Å². The Bertz CT molecular complexity index is 836. The minimum absolute atomic E-state index is 0.151. The number of fused-ring (bicyclic) bond motifs is 1. The molecule has 1 aliphatic heterocycles. The number of benzene rings is 2. The van der Waals surface area contributed by atoms with Gasteiger partial charge in [-0.3, -0.25) is 15.1 Å². The summed E-state index contributed by atoms with van der Waals surface area (Å²) in [4.78, 5) is 22.9. The van der Waals surface area contributed by atoms with E-state index >= 15 is 0 Å². The minimum Gasteiger partial charge on any atom is -0.497 e. The average molecular weight is 356 g/mol. The number of ether oxygens (including phenoxy) is 1. The van der Waals surface area contributed by atoms with Crippen LogP contribution in [0.5, 0.6) is 5.75 Å². The molecule has 2 aromatic carbocycles. The molecule has 0 saturated carbocycles. The molecule has 8 heteroatoms. The van der Waals surface area contributed by atoms with Crippen LogP contribution in [0, 0.1) is 0 Å². The Morgan fingerprint density at radius 2 is 2.00 bits per heavy atom. The number of methoxy groups -OCH3 is 1. The van der Waals surface area contributed by atoms with Gasteiger partial charge in [-0.2, -0.15) is 0 Å². The van der Waals surface area contributed by atoms with Gasteiger partial charge in [0.2, 0.25) is 5.91 Å². The van der Waals surface area contributed by atoms with Crippen LogP contribution >= 0.6 is 0 Å². The lowest BCUT2D eigenvalue weighted by atomic mass is 9.99. The second-order valence-electron chi connectivity index (χ2n) is 5.93. The molecular formula is C18H20N4O4. The van der Waals surface area contributed by atoms with Crippen molar-refractivity contribution in [1.82, 2.24) is 0 Å². The highest BCUT2D eigenvalue weighted by Crippen LogP contribution is 2.37. The number of nitrogens with two attached hydrogens (primary N) is 1. The maximum Gasteiger partial charge on any atom is 0.316 e. The minimum atomic E-state index is -0.723. The highest BCUT2D eigenvalue weighted by molar-refractivity contribution is 6.02. The van der Waals surface area contributed by atoms with Crippen LogP contribution in [0.25, 0.3) is 0 Å². The summed E-state index contributed by atoms with van der Waals surface area (Å²) in [5.74, 6) is 0.585. The molecule has 0 unspecified atom stereocenters. The number of rotatable bonds is 5. The molecule has 136 valence electrons. The summed E-state index contributed by atoms with van der Waals surface area (Å²) in [5, 5.41) is 16.9.